The zero-order valence-corrected chi connectivity index (χ0v) is 14.0. The average molecular weight is 348 g/mol. The molecule has 0 bridgehead atoms. The quantitative estimate of drug-likeness (QED) is 0.641. The van der Waals surface area contributed by atoms with Gasteiger partial charge in [-0.3, -0.25) is 9.78 Å². The van der Waals surface area contributed by atoms with Crippen molar-refractivity contribution in [2.24, 2.45) is 0 Å². The Bertz CT molecular complexity index is 326. The summed E-state index contributed by atoms with van der Waals surface area (Å²) in [6, 6.07) is 0. The highest BCUT2D eigenvalue weighted by Crippen LogP contribution is 2.12. The molecule has 0 radical (unpaired) electrons. The van der Waals surface area contributed by atoms with Crippen molar-refractivity contribution in [2.45, 2.75) is 89.6 Å². The average Bonchev–Trinajstić information content (AvgIpc) is 2.56. The molecule has 1 aliphatic heterocycles. The highest BCUT2D eigenvalue weighted by atomic mass is 17.2. The van der Waals surface area contributed by atoms with Crippen molar-refractivity contribution in [3.8, 4) is 0 Å². The summed E-state index contributed by atoms with van der Waals surface area (Å²) in [5, 5.41) is 19.1. The minimum Gasteiger partial charge on any atom is -0.365 e. The maximum Gasteiger partial charge on any atom is 0.342 e. The van der Waals surface area contributed by atoms with Gasteiger partial charge in [0.2, 0.25) is 12.6 Å². The second kappa shape index (κ2) is 13.1. The van der Waals surface area contributed by atoms with Crippen molar-refractivity contribution < 1.29 is 39.4 Å². The Morgan fingerprint density at radius 3 is 1.42 bits per heavy atom. The largest absolute Gasteiger partial charge is 0.365 e. The van der Waals surface area contributed by atoms with Crippen LogP contribution in [0.25, 0.3) is 0 Å². The van der Waals surface area contributed by atoms with Gasteiger partial charge in [0.25, 0.3) is 0 Å². The maximum absolute atomic E-state index is 11.4. The Balaban J connectivity index is 2.32. The molecule has 0 saturated carbocycles. The predicted octanol–water partition coefficient (Wildman–Crippen LogP) is 2.27. The molecule has 0 spiro atoms. The van der Waals surface area contributed by atoms with Crippen molar-refractivity contribution in [3.05, 3.63) is 0 Å². The van der Waals surface area contributed by atoms with E-state index < -0.39 is 24.5 Å². The third-order valence-corrected chi connectivity index (χ3v) is 3.67. The molecule has 1 rings (SSSR count). The zero-order valence-electron chi connectivity index (χ0n) is 14.0. The van der Waals surface area contributed by atoms with Crippen LogP contribution < -0.4 is 0 Å². The first-order valence-electron chi connectivity index (χ1n) is 8.66. The van der Waals surface area contributed by atoms with Gasteiger partial charge in [-0.15, -0.1) is 0 Å². The molecule has 1 fully saturated rings. The van der Waals surface area contributed by atoms with Gasteiger partial charge in [-0.05, 0) is 25.7 Å². The number of hydrogen-bond acceptors (Lipinski definition) is 8. The molecule has 1 heterocycles. The molecular weight excluding hydrogens is 320 g/mol. The van der Waals surface area contributed by atoms with Crippen molar-refractivity contribution >= 4 is 11.9 Å². The maximum atomic E-state index is 11.4. The summed E-state index contributed by atoms with van der Waals surface area (Å²) in [6.45, 7) is 0. The van der Waals surface area contributed by atoms with Crippen LogP contribution in [0.1, 0.15) is 77.0 Å². The number of carbonyl (C=O) groups excluding carboxylic acids is 2. The Morgan fingerprint density at radius 1 is 0.625 bits per heavy atom. The lowest BCUT2D eigenvalue weighted by Crippen LogP contribution is -2.16. The third-order valence-electron chi connectivity index (χ3n) is 3.67. The monoisotopic (exact) mass is 348 g/mol. The van der Waals surface area contributed by atoms with Gasteiger partial charge in [0.15, 0.2) is 0 Å². The van der Waals surface area contributed by atoms with E-state index in [1.165, 1.54) is 0 Å². The van der Waals surface area contributed by atoms with Gasteiger partial charge in [0.1, 0.15) is 0 Å². The molecule has 0 aromatic carbocycles. The standard InChI is InChI=1S/C16H28O8/c17-13-9-5-1-2-6-10-14(18)22-24-16(20)12-8-4-3-7-11-15(19)23-21-13/h13,16-17,20H,1-12H2. The lowest BCUT2D eigenvalue weighted by Gasteiger charge is -2.11. The first-order valence-corrected chi connectivity index (χ1v) is 8.66. The summed E-state index contributed by atoms with van der Waals surface area (Å²) < 4.78 is 0. The number of carbonyl (C=O) groups is 2. The van der Waals surface area contributed by atoms with Gasteiger partial charge in [0, 0.05) is 25.7 Å². The topological polar surface area (TPSA) is 112 Å². The molecule has 1 aliphatic rings. The smallest absolute Gasteiger partial charge is 0.342 e. The van der Waals surface area contributed by atoms with Crippen LogP contribution in [0.3, 0.4) is 0 Å². The molecule has 0 aromatic heterocycles. The van der Waals surface area contributed by atoms with E-state index >= 15 is 0 Å². The fourth-order valence-electron chi connectivity index (χ4n) is 2.28. The van der Waals surface area contributed by atoms with Gasteiger partial charge in [-0.25, -0.2) is 9.59 Å². The lowest BCUT2D eigenvalue weighted by molar-refractivity contribution is -0.344. The van der Waals surface area contributed by atoms with Crippen molar-refractivity contribution in [1.82, 2.24) is 0 Å². The number of hydrogen-bond donors (Lipinski definition) is 2. The first kappa shape index (κ1) is 20.8. The first-order chi connectivity index (χ1) is 11.6. The number of rotatable bonds is 0. The van der Waals surface area contributed by atoms with Crippen LogP contribution in [-0.4, -0.2) is 34.7 Å². The zero-order chi connectivity index (χ0) is 17.6. The van der Waals surface area contributed by atoms with Gasteiger partial charge in [-0.1, -0.05) is 25.7 Å². The Hall–Kier alpha value is -1.22. The van der Waals surface area contributed by atoms with Gasteiger partial charge >= 0.3 is 11.9 Å². The molecule has 0 amide bonds. The Kier molecular flexibility index (Phi) is 11.4. The van der Waals surface area contributed by atoms with Crippen molar-refractivity contribution in [2.75, 3.05) is 0 Å². The molecule has 24 heavy (non-hydrogen) atoms. The normalized spacial score (nSPS) is 27.8. The summed E-state index contributed by atoms with van der Waals surface area (Å²) in [4.78, 5) is 41.3. The Morgan fingerprint density at radius 2 is 1.00 bits per heavy atom. The van der Waals surface area contributed by atoms with E-state index in [2.05, 4.69) is 19.6 Å². The predicted molar refractivity (Wildman–Crippen MR) is 81.8 cm³/mol. The molecule has 140 valence electrons. The van der Waals surface area contributed by atoms with E-state index in [4.69, 9.17) is 0 Å². The van der Waals surface area contributed by atoms with Crippen molar-refractivity contribution in [1.29, 1.82) is 0 Å². The van der Waals surface area contributed by atoms with Crippen LogP contribution in [0, 0.1) is 0 Å². The molecule has 2 unspecified atom stereocenters. The highest BCUT2D eigenvalue weighted by molar-refractivity contribution is 5.68. The van der Waals surface area contributed by atoms with E-state index in [-0.39, 0.29) is 12.8 Å². The van der Waals surface area contributed by atoms with Crippen LogP contribution in [0.5, 0.6) is 0 Å². The summed E-state index contributed by atoms with van der Waals surface area (Å²) in [6.07, 6.45) is 4.66. The second-order valence-corrected chi connectivity index (χ2v) is 5.92. The molecule has 0 aliphatic carbocycles. The van der Waals surface area contributed by atoms with Crippen molar-refractivity contribution in [3.63, 3.8) is 0 Å². The van der Waals surface area contributed by atoms with Crippen LogP contribution in [0.2, 0.25) is 0 Å². The Labute approximate surface area is 141 Å². The van der Waals surface area contributed by atoms with E-state index in [1.807, 2.05) is 0 Å². The van der Waals surface area contributed by atoms with E-state index in [0.717, 1.165) is 25.7 Å². The SMILES string of the molecule is O=C1CCCCCCC(O)OOC(=O)CCCCCCC(O)OO1. The summed E-state index contributed by atoms with van der Waals surface area (Å²) in [5.74, 6) is -1.00. The molecule has 0 aromatic rings. The van der Waals surface area contributed by atoms with Crippen LogP contribution in [-0.2, 0) is 29.1 Å². The molecule has 1 saturated heterocycles. The molecule has 8 heteroatoms. The summed E-state index contributed by atoms with van der Waals surface area (Å²) in [5.41, 5.74) is 0. The number of aliphatic hydroxyl groups is 2. The molecule has 2 atom stereocenters. The van der Waals surface area contributed by atoms with E-state index in [9.17, 15) is 19.8 Å². The fourth-order valence-corrected chi connectivity index (χ4v) is 2.28. The summed E-state index contributed by atoms with van der Waals surface area (Å²) in [7, 11) is 0. The highest BCUT2D eigenvalue weighted by Gasteiger charge is 2.12. The van der Waals surface area contributed by atoms with Gasteiger partial charge < -0.3 is 10.2 Å². The van der Waals surface area contributed by atoms with Gasteiger partial charge in [-0.2, -0.15) is 9.78 Å². The molecule has 2 N–H and O–H groups in total. The van der Waals surface area contributed by atoms with E-state index in [1.54, 1.807) is 0 Å². The van der Waals surface area contributed by atoms with Crippen LogP contribution in [0.15, 0.2) is 0 Å². The second-order valence-electron chi connectivity index (χ2n) is 5.92. The minimum absolute atomic E-state index is 0.212. The fraction of sp³-hybridized carbons (Fsp3) is 0.875. The van der Waals surface area contributed by atoms with Crippen LogP contribution >= 0.6 is 0 Å². The van der Waals surface area contributed by atoms with E-state index in [0.29, 0.717) is 38.5 Å². The lowest BCUT2D eigenvalue weighted by atomic mass is 10.1. The molecular formula is C16H28O8. The van der Waals surface area contributed by atoms with Crippen LogP contribution in [0.4, 0.5) is 0 Å². The third kappa shape index (κ3) is 11.3. The summed E-state index contributed by atoms with van der Waals surface area (Å²) >= 11 is 0. The molecule has 8 nitrogen and oxygen atoms in total. The number of aliphatic hydroxyl groups excluding tert-OH is 2. The minimum atomic E-state index is -1.13. The van der Waals surface area contributed by atoms with Gasteiger partial charge in [0.05, 0.1) is 0 Å².